The molecule has 0 aliphatic heterocycles. The fraction of sp³-hybridized carbons (Fsp3) is 0.273. The van der Waals surface area contributed by atoms with Crippen LogP contribution in [0.3, 0.4) is 0 Å². The fourth-order valence-electron chi connectivity index (χ4n) is 1.55. The summed E-state index contributed by atoms with van der Waals surface area (Å²) in [6.45, 7) is 3.23. The molecule has 2 heterocycles. The van der Waals surface area contributed by atoms with Crippen molar-refractivity contribution >= 4 is 65.0 Å². The lowest BCUT2D eigenvalue weighted by molar-refractivity contribution is 0.0954. The van der Waals surface area contributed by atoms with Gasteiger partial charge < -0.3 is 5.32 Å². The van der Waals surface area contributed by atoms with Gasteiger partial charge in [-0.1, -0.05) is 0 Å². The molecule has 0 atom stereocenters. The molecule has 4 nitrogen and oxygen atoms in total. The number of nitrogens with one attached hydrogen (secondary N) is 1. The van der Waals surface area contributed by atoms with Crippen molar-refractivity contribution < 1.29 is 4.79 Å². The number of amides is 1. The van der Waals surface area contributed by atoms with E-state index < -0.39 is 0 Å². The number of thiophene rings is 1. The zero-order valence-corrected chi connectivity index (χ0v) is 15.5. The molecule has 102 valence electrons. The van der Waals surface area contributed by atoms with Crippen molar-refractivity contribution in [2.45, 2.75) is 20.0 Å². The number of hydrogen-bond donors (Lipinski definition) is 1. The van der Waals surface area contributed by atoms with Crippen LogP contribution in [-0.4, -0.2) is 15.7 Å². The predicted molar refractivity (Wildman–Crippen MR) is 86.5 cm³/mol. The molecule has 0 aromatic carbocycles. The number of halogens is 3. The number of nitrogens with zero attached hydrogens (tertiary/aromatic N) is 2. The van der Waals surface area contributed by atoms with Crippen LogP contribution in [0.5, 0.6) is 0 Å². The van der Waals surface area contributed by atoms with Crippen LogP contribution in [0, 0.1) is 0 Å². The Morgan fingerprint density at radius 3 is 2.74 bits per heavy atom. The minimum Gasteiger partial charge on any atom is -0.346 e. The summed E-state index contributed by atoms with van der Waals surface area (Å²) >= 11 is 11.6. The van der Waals surface area contributed by atoms with Gasteiger partial charge in [-0.25, -0.2) is 0 Å². The molecule has 1 amide bonds. The number of hydrogen-bond acceptors (Lipinski definition) is 3. The molecule has 0 saturated carbocycles. The second kappa shape index (κ2) is 6.51. The van der Waals surface area contributed by atoms with Crippen LogP contribution in [0.25, 0.3) is 0 Å². The molecule has 0 bridgehead atoms. The molecule has 1 N–H and O–H groups in total. The van der Waals surface area contributed by atoms with E-state index in [9.17, 15) is 4.79 Å². The Morgan fingerprint density at radius 1 is 1.42 bits per heavy atom. The van der Waals surface area contributed by atoms with Crippen molar-refractivity contribution in [3.63, 3.8) is 0 Å². The minimum absolute atomic E-state index is 0.0906. The molecule has 2 aromatic heterocycles. The Hall–Kier alpha value is -0.180. The predicted octanol–water partition coefficient (Wildman–Crippen LogP) is 4.18. The lowest BCUT2D eigenvalue weighted by Crippen LogP contribution is -2.23. The van der Waals surface area contributed by atoms with Crippen LogP contribution in [0.1, 0.15) is 22.3 Å². The zero-order valence-electron chi connectivity index (χ0n) is 9.91. The van der Waals surface area contributed by atoms with Gasteiger partial charge in [0.1, 0.15) is 0 Å². The van der Waals surface area contributed by atoms with Crippen molar-refractivity contribution in [2.75, 3.05) is 0 Å². The van der Waals surface area contributed by atoms with Crippen LogP contribution >= 0.6 is 59.1 Å². The first kappa shape index (κ1) is 15.2. The zero-order chi connectivity index (χ0) is 14.0. The third kappa shape index (κ3) is 3.48. The molecule has 2 rings (SSSR count). The van der Waals surface area contributed by atoms with Gasteiger partial charge >= 0.3 is 0 Å². The summed E-state index contributed by atoms with van der Waals surface area (Å²) in [4.78, 5) is 12.7. The van der Waals surface area contributed by atoms with Crippen LogP contribution in [0.2, 0.25) is 0 Å². The van der Waals surface area contributed by atoms with Crippen molar-refractivity contribution in [1.29, 1.82) is 0 Å². The summed E-state index contributed by atoms with van der Waals surface area (Å²) in [6, 6.07) is 1.80. The number of carbonyl (C=O) groups is 1. The van der Waals surface area contributed by atoms with Gasteiger partial charge in [0.05, 0.1) is 31.6 Å². The van der Waals surface area contributed by atoms with E-state index in [0.717, 1.165) is 25.0 Å². The molecule has 19 heavy (non-hydrogen) atoms. The first-order chi connectivity index (χ1) is 9.02. The monoisotopic (exact) mass is 469 g/mol. The first-order valence-corrected chi connectivity index (χ1v) is 8.65. The normalized spacial score (nSPS) is 10.7. The topological polar surface area (TPSA) is 46.9 Å². The largest absolute Gasteiger partial charge is 0.346 e. The highest BCUT2D eigenvalue weighted by Gasteiger charge is 2.14. The van der Waals surface area contributed by atoms with Crippen LogP contribution in [-0.2, 0) is 13.1 Å². The van der Waals surface area contributed by atoms with E-state index >= 15 is 0 Å². The van der Waals surface area contributed by atoms with E-state index in [0.29, 0.717) is 11.4 Å². The molecule has 0 aliphatic carbocycles. The third-order valence-electron chi connectivity index (χ3n) is 2.48. The maximum absolute atomic E-state index is 12.0. The fourth-order valence-corrected chi connectivity index (χ4v) is 3.93. The maximum atomic E-state index is 12.0. The number of aromatic nitrogens is 2. The van der Waals surface area contributed by atoms with Gasteiger partial charge in [0, 0.05) is 11.0 Å². The lowest BCUT2D eigenvalue weighted by Gasteiger charge is -2.06. The van der Waals surface area contributed by atoms with Gasteiger partial charge in [0.2, 0.25) is 0 Å². The Balaban J connectivity index is 2.06. The van der Waals surface area contributed by atoms with Crippen LogP contribution in [0.15, 0.2) is 25.0 Å². The van der Waals surface area contributed by atoms with Crippen molar-refractivity contribution in [2.24, 2.45) is 0 Å². The van der Waals surface area contributed by atoms with E-state index in [2.05, 4.69) is 58.2 Å². The standard InChI is InChI=1S/C11H10Br3N3OS/c1-2-17-8(7(13)4-16-17)5-15-11(18)9-3-6(12)10(14)19-9/h3-4H,2,5H2,1H3,(H,15,18). The summed E-state index contributed by atoms with van der Waals surface area (Å²) in [6.07, 6.45) is 1.74. The lowest BCUT2D eigenvalue weighted by atomic mass is 10.4. The summed E-state index contributed by atoms with van der Waals surface area (Å²) in [5.41, 5.74) is 0.963. The molecule has 0 spiro atoms. The minimum atomic E-state index is -0.0906. The van der Waals surface area contributed by atoms with E-state index in [1.807, 2.05) is 11.6 Å². The molecule has 0 aliphatic rings. The highest BCUT2D eigenvalue weighted by atomic mass is 79.9. The van der Waals surface area contributed by atoms with Gasteiger partial charge in [-0.2, -0.15) is 5.10 Å². The smallest absolute Gasteiger partial charge is 0.261 e. The molecular formula is C11H10Br3N3OS. The average molecular weight is 472 g/mol. The average Bonchev–Trinajstić information content (AvgIpc) is 2.90. The Bertz CT molecular complexity index is 589. The van der Waals surface area contributed by atoms with Crippen molar-refractivity contribution in [1.82, 2.24) is 15.1 Å². The van der Waals surface area contributed by atoms with Crippen LogP contribution in [0.4, 0.5) is 0 Å². The second-order valence-electron chi connectivity index (χ2n) is 3.67. The van der Waals surface area contributed by atoms with E-state index in [4.69, 9.17) is 0 Å². The molecule has 0 radical (unpaired) electrons. The molecule has 0 unspecified atom stereocenters. The third-order valence-corrected chi connectivity index (χ3v) is 6.40. The summed E-state index contributed by atoms with van der Waals surface area (Å²) in [5, 5.41) is 7.11. The first-order valence-electron chi connectivity index (χ1n) is 5.46. The molecule has 0 saturated heterocycles. The summed E-state index contributed by atoms with van der Waals surface area (Å²) in [5.74, 6) is -0.0906. The van der Waals surface area contributed by atoms with Gasteiger partial charge in [0.25, 0.3) is 5.91 Å². The Labute approximate surface area is 140 Å². The number of aryl methyl sites for hydroxylation is 1. The molecule has 2 aromatic rings. The van der Waals surface area contributed by atoms with E-state index in [1.54, 1.807) is 12.3 Å². The summed E-state index contributed by atoms with van der Waals surface area (Å²) < 4.78 is 4.56. The van der Waals surface area contributed by atoms with Crippen LogP contribution < -0.4 is 5.32 Å². The molecular weight excluding hydrogens is 462 g/mol. The SMILES string of the molecule is CCn1ncc(Br)c1CNC(=O)c1cc(Br)c(Br)s1. The quantitative estimate of drug-likeness (QED) is 0.727. The second-order valence-corrected chi connectivity index (χ2v) is 7.75. The van der Waals surface area contributed by atoms with Gasteiger partial charge in [-0.05, 0) is 60.8 Å². The van der Waals surface area contributed by atoms with E-state index in [-0.39, 0.29) is 5.91 Å². The molecule has 0 fully saturated rings. The van der Waals surface area contributed by atoms with Crippen molar-refractivity contribution in [3.8, 4) is 0 Å². The van der Waals surface area contributed by atoms with Gasteiger partial charge in [-0.15, -0.1) is 11.3 Å². The Morgan fingerprint density at radius 2 is 2.16 bits per heavy atom. The highest BCUT2D eigenvalue weighted by molar-refractivity contribution is 9.13. The Kier molecular flexibility index (Phi) is 5.22. The van der Waals surface area contributed by atoms with Gasteiger partial charge in [-0.3, -0.25) is 9.48 Å². The summed E-state index contributed by atoms with van der Waals surface area (Å²) in [7, 11) is 0. The number of carbonyl (C=O) groups excluding carboxylic acids is 1. The number of rotatable bonds is 4. The van der Waals surface area contributed by atoms with Gasteiger partial charge in [0.15, 0.2) is 0 Å². The van der Waals surface area contributed by atoms with Crippen molar-refractivity contribution in [3.05, 3.63) is 35.6 Å². The maximum Gasteiger partial charge on any atom is 0.261 e. The van der Waals surface area contributed by atoms with E-state index in [1.165, 1.54) is 11.3 Å². The molecule has 8 heteroatoms. The highest BCUT2D eigenvalue weighted by Crippen LogP contribution is 2.32.